The molecule has 3 amide bonds. The number of aryl methyl sites for hydroxylation is 1. The molecular weight excluding hydrogens is 512 g/mol. The summed E-state index contributed by atoms with van der Waals surface area (Å²) in [5.41, 5.74) is -0.248. The Balaban J connectivity index is 1.73. The van der Waals surface area contributed by atoms with Crippen LogP contribution in [0.3, 0.4) is 0 Å². The van der Waals surface area contributed by atoms with Gasteiger partial charge in [0, 0.05) is 20.3 Å². The zero-order valence-electron chi connectivity index (χ0n) is 22.6. The zero-order chi connectivity index (χ0) is 28.6. The molecule has 13 nitrogen and oxygen atoms in total. The van der Waals surface area contributed by atoms with Crippen LogP contribution in [0, 0.1) is 6.92 Å². The number of rotatable bonds is 15. The third-order valence-electron chi connectivity index (χ3n) is 6.09. The second kappa shape index (κ2) is 13.3. The summed E-state index contributed by atoms with van der Waals surface area (Å²) in [6, 6.07) is 5.28. The fourth-order valence-corrected chi connectivity index (χ4v) is 3.81. The topological polar surface area (TPSA) is 171 Å². The van der Waals surface area contributed by atoms with Crippen LogP contribution in [0.4, 0.5) is 0 Å². The molecule has 3 N–H and O–H groups in total. The monoisotopic (exact) mass is 546 g/mol. The van der Waals surface area contributed by atoms with Gasteiger partial charge in [-0.15, -0.1) is 0 Å². The highest BCUT2D eigenvalue weighted by atomic mass is 16.6. The largest absolute Gasteiger partial charge is 0.497 e. The van der Waals surface area contributed by atoms with Crippen LogP contribution in [0.25, 0.3) is 0 Å². The standard InChI is InChI=1S/C26H34N4O9/c1-15-9-19(30-39-15)23(32)28-21(13-36-4)25(34)29-20(12-35-3)24(33)27-18(22(31)26(2)14-38-26)11-16-7-6-8-17(10-16)37-5/h6-10,18,20-21H,11-14H2,1-5H3,(H,27,33)(H,28,32)(H,29,34)/t18-,20-,21-,26+/m0/s1. The van der Waals surface area contributed by atoms with E-state index in [9.17, 15) is 19.2 Å². The molecule has 0 spiro atoms. The van der Waals surface area contributed by atoms with Crippen molar-refractivity contribution in [2.45, 2.75) is 44.0 Å². The lowest BCUT2D eigenvalue weighted by molar-refractivity contribution is -0.134. The van der Waals surface area contributed by atoms with E-state index in [1.54, 1.807) is 32.0 Å². The first-order valence-corrected chi connectivity index (χ1v) is 12.2. The van der Waals surface area contributed by atoms with Gasteiger partial charge in [-0.25, -0.2) is 0 Å². The van der Waals surface area contributed by atoms with Crippen molar-refractivity contribution in [3.8, 4) is 5.75 Å². The number of epoxide rings is 1. The third-order valence-corrected chi connectivity index (χ3v) is 6.09. The molecule has 0 unspecified atom stereocenters. The number of methoxy groups -OCH3 is 3. The van der Waals surface area contributed by atoms with Crippen LogP contribution in [-0.2, 0) is 35.0 Å². The minimum Gasteiger partial charge on any atom is -0.497 e. The molecule has 3 rings (SSSR count). The number of nitrogens with zero attached hydrogens (tertiary/aromatic N) is 1. The maximum Gasteiger partial charge on any atom is 0.274 e. The van der Waals surface area contributed by atoms with E-state index in [1.807, 2.05) is 6.07 Å². The van der Waals surface area contributed by atoms with Crippen molar-refractivity contribution < 1.29 is 42.6 Å². The van der Waals surface area contributed by atoms with Crippen LogP contribution < -0.4 is 20.7 Å². The summed E-state index contributed by atoms with van der Waals surface area (Å²) in [5.74, 6) is -1.27. The Labute approximate surface area is 225 Å². The number of hydrogen-bond donors (Lipinski definition) is 3. The van der Waals surface area contributed by atoms with E-state index in [-0.39, 0.29) is 37.7 Å². The van der Waals surface area contributed by atoms with Crippen LogP contribution in [0.5, 0.6) is 5.75 Å². The number of amides is 3. The van der Waals surface area contributed by atoms with Crippen molar-refractivity contribution in [1.29, 1.82) is 0 Å². The van der Waals surface area contributed by atoms with E-state index >= 15 is 0 Å². The molecule has 2 aromatic rings. The number of benzene rings is 1. The van der Waals surface area contributed by atoms with Gasteiger partial charge >= 0.3 is 0 Å². The molecule has 1 aliphatic rings. The number of aromatic nitrogens is 1. The molecule has 1 fully saturated rings. The molecule has 1 aromatic heterocycles. The van der Waals surface area contributed by atoms with Crippen molar-refractivity contribution in [3.05, 3.63) is 47.3 Å². The van der Waals surface area contributed by atoms with Crippen LogP contribution >= 0.6 is 0 Å². The first kappa shape index (κ1) is 29.7. The predicted octanol–water partition coefficient (Wildman–Crippen LogP) is -0.0469. The van der Waals surface area contributed by atoms with E-state index < -0.39 is 41.4 Å². The second-order valence-corrected chi connectivity index (χ2v) is 9.32. The Hall–Kier alpha value is -3.81. The molecule has 4 atom stereocenters. The average molecular weight is 547 g/mol. The summed E-state index contributed by atoms with van der Waals surface area (Å²) in [7, 11) is 4.26. The Morgan fingerprint density at radius 1 is 0.974 bits per heavy atom. The van der Waals surface area contributed by atoms with Crippen LogP contribution in [0.1, 0.15) is 28.7 Å². The minimum absolute atomic E-state index is 0.0118. The van der Waals surface area contributed by atoms with Gasteiger partial charge in [-0.3, -0.25) is 19.2 Å². The van der Waals surface area contributed by atoms with Crippen molar-refractivity contribution in [3.63, 3.8) is 0 Å². The molecule has 0 aliphatic carbocycles. The van der Waals surface area contributed by atoms with Crippen LogP contribution in [0.15, 0.2) is 34.9 Å². The van der Waals surface area contributed by atoms with Gasteiger partial charge in [0.15, 0.2) is 11.5 Å². The average Bonchev–Trinajstić information content (AvgIpc) is 3.52. The van der Waals surface area contributed by atoms with Crippen molar-refractivity contribution in [1.82, 2.24) is 21.1 Å². The highest BCUT2D eigenvalue weighted by Gasteiger charge is 2.50. The molecule has 2 heterocycles. The SMILES string of the molecule is COC[C@H](NC(=O)c1cc(C)on1)C(=O)N[C@@H](COC)C(=O)N[C@@H](Cc1cccc(OC)c1)C(=O)[C@@]1(C)CO1. The fraction of sp³-hybridized carbons (Fsp3) is 0.500. The number of hydrogen-bond acceptors (Lipinski definition) is 10. The number of nitrogens with one attached hydrogen (secondary N) is 3. The first-order chi connectivity index (χ1) is 18.6. The van der Waals surface area contributed by atoms with Crippen LogP contribution in [0.2, 0.25) is 0 Å². The third kappa shape index (κ3) is 8.09. The van der Waals surface area contributed by atoms with E-state index in [0.717, 1.165) is 5.56 Å². The van der Waals surface area contributed by atoms with Gasteiger partial charge in [-0.2, -0.15) is 0 Å². The maximum absolute atomic E-state index is 13.3. The van der Waals surface area contributed by atoms with Gasteiger partial charge in [-0.1, -0.05) is 17.3 Å². The number of ketones is 1. The number of Topliss-reactive ketones (excluding diaryl/α,β-unsaturated/α-hetero) is 1. The number of ether oxygens (including phenoxy) is 4. The summed E-state index contributed by atoms with van der Waals surface area (Å²) >= 11 is 0. The van der Waals surface area contributed by atoms with Gasteiger partial charge in [0.05, 0.1) is 33.0 Å². The summed E-state index contributed by atoms with van der Waals surface area (Å²) in [6.07, 6.45) is 0.174. The van der Waals surface area contributed by atoms with Crippen LogP contribution in [-0.4, -0.2) is 93.5 Å². The summed E-state index contributed by atoms with van der Waals surface area (Å²) in [6.45, 7) is 3.16. The Bertz CT molecular complexity index is 1180. The number of carbonyl (C=O) groups is 4. The Kier molecular flexibility index (Phi) is 10.2. The van der Waals surface area contributed by atoms with E-state index in [1.165, 1.54) is 27.4 Å². The molecule has 0 radical (unpaired) electrons. The predicted molar refractivity (Wildman–Crippen MR) is 136 cm³/mol. The van der Waals surface area contributed by atoms with E-state index in [2.05, 4.69) is 21.1 Å². The lowest BCUT2D eigenvalue weighted by Crippen LogP contribution is -2.59. The molecule has 39 heavy (non-hydrogen) atoms. The van der Waals surface area contributed by atoms with Gasteiger partial charge in [-0.05, 0) is 38.0 Å². The van der Waals surface area contributed by atoms with Gasteiger partial charge in [0.25, 0.3) is 5.91 Å². The highest BCUT2D eigenvalue weighted by Crippen LogP contribution is 2.29. The normalized spacial score (nSPS) is 18.4. The highest BCUT2D eigenvalue weighted by molar-refractivity contribution is 5.99. The molecule has 1 aliphatic heterocycles. The summed E-state index contributed by atoms with van der Waals surface area (Å²) in [5, 5.41) is 11.4. The molecule has 0 bridgehead atoms. The lowest BCUT2D eigenvalue weighted by Gasteiger charge is -2.25. The molecule has 0 saturated carbocycles. The van der Waals surface area contributed by atoms with Gasteiger partial charge in [0.2, 0.25) is 11.8 Å². The number of carbonyl (C=O) groups excluding carboxylic acids is 4. The molecule has 13 heteroatoms. The Morgan fingerprint density at radius 2 is 1.59 bits per heavy atom. The van der Waals surface area contributed by atoms with Crippen molar-refractivity contribution >= 4 is 23.5 Å². The van der Waals surface area contributed by atoms with Gasteiger partial charge < -0.3 is 39.4 Å². The van der Waals surface area contributed by atoms with E-state index in [4.69, 9.17) is 23.5 Å². The van der Waals surface area contributed by atoms with E-state index in [0.29, 0.717) is 11.5 Å². The van der Waals surface area contributed by atoms with Gasteiger partial charge in [0.1, 0.15) is 29.2 Å². The summed E-state index contributed by atoms with van der Waals surface area (Å²) in [4.78, 5) is 52.1. The second-order valence-electron chi connectivity index (χ2n) is 9.32. The maximum atomic E-state index is 13.3. The molecule has 212 valence electrons. The van der Waals surface area contributed by atoms with Crippen molar-refractivity contribution in [2.24, 2.45) is 0 Å². The molecular formula is C26H34N4O9. The smallest absolute Gasteiger partial charge is 0.274 e. The quantitative estimate of drug-likeness (QED) is 0.257. The zero-order valence-corrected chi connectivity index (χ0v) is 22.6. The molecule has 1 aromatic carbocycles. The Morgan fingerprint density at radius 3 is 2.13 bits per heavy atom. The lowest BCUT2D eigenvalue weighted by atomic mass is 9.94. The first-order valence-electron chi connectivity index (χ1n) is 12.2. The molecule has 1 saturated heterocycles. The summed E-state index contributed by atoms with van der Waals surface area (Å²) < 4.78 is 25.7. The fourth-order valence-electron chi connectivity index (χ4n) is 3.81. The minimum atomic E-state index is -1.18. The van der Waals surface area contributed by atoms with Crippen molar-refractivity contribution in [2.75, 3.05) is 41.2 Å².